The Morgan fingerprint density at radius 2 is 2.08 bits per heavy atom. The zero-order chi connectivity index (χ0) is 8.97. The van der Waals surface area contributed by atoms with Crippen molar-refractivity contribution in [1.29, 1.82) is 0 Å². The molecule has 0 aromatic carbocycles. The zero-order valence-corrected chi connectivity index (χ0v) is 9.81. The van der Waals surface area contributed by atoms with E-state index >= 15 is 0 Å². The van der Waals surface area contributed by atoms with Crippen molar-refractivity contribution in [3.05, 3.63) is 0 Å². The molecule has 12 heavy (non-hydrogen) atoms. The summed E-state index contributed by atoms with van der Waals surface area (Å²) in [7, 11) is 0. The molecule has 1 heterocycles. The maximum Gasteiger partial charge on any atom is 0.00901 e. The summed E-state index contributed by atoms with van der Waals surface area (Å²) in [6.45, 7) is 7.24. The highest BCUT2D eigenvalue weighted by Gasteiger charge is 2.25. The van der Waals surface area contributed by atoms with Crippen molar-refractivity contribution < 1.29 is 0 Å². The molecule has 1 nitrogen and oxygen atoms in total. The van der Waals surface area contributed by atoms with Crippen molar-refractivity contribution in [3.63, 3.8) is 0 Å². The third-order valence-corrected chi connectivity index (χ3v) is 3.91. The van der Waals surface area contributed by atoms with E-state index in [4.69, 9.17) is 0 Å². The Kier molecular flexibility index (Phi) is 4.59. The molecule has 0 aliphatic carbocycles. The minimum absolute atomic E-state index is 0.842. The van der Waals surface area contributed by atoms with Gasteiger partial charge in [0.1, 0.15) is 0 Å². The van der Waals surface area contributed by atoms with Crippen LogP contribution < -0.4 is 0 Å². The third kappa shape index (κ3) is 2.46. The van der Waals surface area contributed by atoms with E-state index in [2.05, 4.69) is 34.7 Å². The molecule has 0 N–H and O–H groups in total. The van der Waals surface area contributed by atoms with Crippen molar-refractivity contribution in [2.75, 3.05) is 18.4 Å². The lowest BCUT2D eigenvalue weighted by atomic mass is 10.1. The normalized spacial score (nSPS) is 25.5. The number of hydrogen-bond donors (Lipinski definition) is 0. The van der Waals surface area contributed by atoms with Crippen LogP contribution in [-0.4, -0.2) is 29.4 Å². The van der Waals surface area contributed by atoms with E-state index in [1.54, 1.807) is 0 Å². The molecule has 0 aromatic rings. The predicted octanol–water partition coefficient (Wildman–Crippen LogP) is 2.89. The first kappa shape index (κ1) is 10.5. The molecule has 72 valence electrons. The zero-order valence-electron chi connectivity index (χ0n) is 8.22. The van der Waals surface area contributed by atoms with Crippen LogP contribution in [0.3, 0.4) is 0 Å². The van der Waals surface area contributed by atoms with E-state index in [0.717, 1.165) is 12.0 Å². The molecule has 1 aliphatic rings. The van der Waals surface area contributed by atoms with E-state index in [0.29, 0.717) is 0 Å². The monoisotopic (exact) mass is 233 g/mol. The van der Waals surface area contributed by atoms with Gasteiger partial charge in [-0.15, -0.1) is 0 Å². The van der Waals surface area contributed by atoms with Gasteiger partial charge in [-0.05, 0) is 31.7 Å². The van der Waals surface area contributed by atoms with Crippen LogP contribution in [0.4, 0.5) is 0 Å². The van der Waals surface area contributed by atoms with Crippen LogP contribution in [0.15, 0.2) is 0 Å². The fraction of sp³-hybridized carbons (Fsp3) is 1.00. The number of nitrogens with zero attached hydrogens (tertiary/aromatic N) is 1. The van der Waals surface area contributed by atoms with E-state index in [1.807, 2.05) is 0 Å². The maximum atomic E-state index is 3.57. The first-order valence-corrected chi connectivity index (χ1v) is 6.23. The molecule has 1 saturated heterocycles. The van der Waals surface area contributed by atoms with Gasteiger partial charge in [-0.1, -0.05) is 29.8 Å². The van der Waals surface area contributed by atoms with Crippen LogP contribution in [0, 0.1) is 5.92 Å². The summed E-state index contributed by atoms with van der Waals surface area (Å²) >= 11 is 3.57. The van der Waals surface area contributed by atoms with Crippen LogP contribution in [0.2, 0.25) is 0 Å². The molecule has 0 saturated carbocycles. The summed E-state index contributed by atoms with van der Waals surface area (Å²) in [5, 5.41) is 1.18. The standard InChI is InChI=1S/C10H20BrN/c1-3-10(4-2)12-6-5-9(7-11)8-12/h9-10H,3-8H2,1-2H3. The van der Waals surface area contributed by atoms with Crippen LogP contribution in [0.1, 0.15) is 33.1 Å². The molecule has 1 unspecified atom stereocenters. The van der Waals surface area contributed by atoms with Crippen molar-refractivity contribution in [1.82, 2.24) is 4.90 Å². The highest BCUT2D eigenvalue weighted by molar-refractivity contribution is 9.09. The number of likely N-dealkylation sites (tertiary alicyclic amines) is 1. The number of hydrogen-bond acceptors (Lipinski definition) is 1. The van der Waals surface area contributed by atoms with Gasteiger partial charge < -0.3 is 4.90 Å². The minimum atomic E-state index is 0.842. The third-order valence-electron chi connectivity index (χ3n) is 2.99. The van der Waals surface area contributed by atoms with Crippen LogP contribution >= 0.6 is 15.9 Å². The lowest BCUT2D eigenvalue weighted by Gasteiger charge is -2.25. The van der Waals surface area contributed by atoms with E-state index < -0.39 is 0 Å². The van der Waals surface area contributed by atoms with Gasteiger partial charge in [0, 0.05) is 17.9 Å². The van der Waals surface area contributed by atoms with Gasteiger partial charge in [0.25, 0.3) is 0 Å². The molecular weight excluding hydrogens is 214 g/mol. The second-order valence-electron chi connectivity index (χ2n) is 3.77. The first-order valence-electron chi connectivity index (χ1n) is 5.11. The van der Waals surface area contributed by atoms with E-state index in [1.165, 1.54) is 37.7 Å². The van der Waals surface area contributed by atoms with Gasteiger partial charge in [-0.3, -0.25) is 0 Å². The number of alkyl halides is 1. The topological polar surface area (TPSA) is 3.24 Å². The predicted molar refractivity (Wildman–Crippen MR) is 57.8 cm³/mol. The van der Waals surface area contributed by atoms with Gasteiger partial charge in [0.15, 0.2) is 0 Å². The fourth-order valence-corrected chi connectivity index (χ4v) is 2.65. The largest absolute Gasteiger partial charge is 0.300 e. The summed E-state index contributed by atoms with van der Waals surface area (Å²) in [6, 6.07) is 0.842. The summed E-state index contributed by atoms with van der Waals surface area (Å²) in [6.07, 6.45) is 4.01. The molecule has 1 fully saturated rings. The Morgan fingerprint density at radius 3 is 2.50 bits per heavy atom. The highest BCUT2D eigenvalue weighted by Crippen LogP contribution is 2.22. The summed E-state index contributed by atoms with van der Waals surface area (Å²) in [4.78, 5) is 2.66. The van der Waals surface area contributed by atoms with E-state index in [-0.39, 0.29) is 0 Å². The van der Waals surface area contributed by atoms with Crippen LogP contribution in [-0.2, 0) is 0 Å². The maximum absolute atomic E-state index is 3.57. The summed E-state index contributed by atoms with van der Waals surface area (Å²) in [5.74, 6) is 0.908. The molecule has 0 amide bonds. The lowest BCUT2D eigenvalue weighted by Crippen LogP contribution is -2.32. The van der Waals surface area contributed by atoms with Crippen molar-refractivity contribution in [2.24, 2.45) is 5.92 Å². The molecule has 1 rings (SSSR count). The molecule has 0 bridgehead atoms. The summed E-state index contributed by atoms with van der Waals surface area (Å²) < 4.78 is 0. The lowest BCUT2D eigenvalue weighted by molar-refractivity contribution is 0.224. The van der Waals surface area contributed by atoms with Gasteiger partial charge in [-0.2, -0.15) is 0 Å². The smallest absolute Gasteiger partial charge is 0.00901 e. The van der Waals surface area contributed by atoms with Crippen molar-refractivity contribution >= 4 is 15.9 Å². The molecule has 0 aromatic heterocycles. The number of halogens is 1. The average Bonchev–Trinajstić information content (AvgIpc) is 2.55. The van der Waals surface area contributed by atoms with Gasteiger partial charge in [0.2, 0.25) is 0 Å². The first-order chi connectivity index (χ1) is 5.81. The average molecular weight is 234 g/mol. The highest BCUT2D eigenvalue weighted by atomic mass is 79.9. The molecular formula is C10H20BrN. The molecule has 1 aliphatic heterocycles. The van der Waals surface area contributed by atoms with Gasteiger partial charge in [0.05, 0.1) is 0 Å². The van der Waals surface area contributed by atoms with Crippen LogP contribution in [0.5, 0.6) is 0 Å². The van der Waals surface area contributed by atoms with E-state index in [9.17, 15) is 0 Å². The summed E-state index contributed by atoms with van der Waals surface area (Å²) in [5.41, 5.74) is 0. The number of rotatable bonds is 4. The molecule has 0 spiro atoms. The van der Waals surface area contributed by atoms with Crippen molar-refractivity contribution in [2.45, 2.75) is 39.2 Å². The Hall–Kier alpha value is 0.440. The Labute approximate surface area is 84.6 Å². The fourth-order valence-electron chi connectivity index (χ4n) is 2.13. The second kappa shape index (κ2) is 5.23. The quantitative estimate of drug-likeness (QED) is 0.676. The van der Waals surface area contributed by atoms with Gasteiger partial charge >= 0.3 is 0 Å². The van der Waals surface area contributed by atoms with Gasteiger partial charge in [-0.25, -0.2) is 0 Å². The SMILES string of the molecule is CCC(CC)N1CCC(CBr)C1. The van der Waals surface area contributed by atoms with Crippen LogP contribution in [0.25, 0.3) is 0 Å². The second-order valence-corrected chi connectivity index (χ2v) is 4.42. The van der Waals surface area contributed by atoms with Crippen molar-refractivity contribution in [3.8, 4) is 0 Å². The Morgan fingerprint density at radius 1 is 1.42 bits per heavy atom. The minimum Gasteiger partial charge on any atom is -0.300 e. The molecule has 0 radical (unpaired) electrons. The molecule has 1 atom stereocenters. The molecule has 2 heteroatoms. The Bertz CT molecular complexity index is 123. The Balaban J connectivity index is 2.34.